The minimum absolute atomic E-state index is 0.378. The van der Waals surface area contributed by atoms with E-state index in [-0.39, 0.29) is 6.61 Å². The fourth-order valence-electron chi connectivity index (χ4n) is 4.30. The highest BCUT2D eigenvalue weighted by Gasteiger charge is 2.42. The molecule has 0 amide bonds. The van der Waals surface area contributed by atoms with Crippen LogP contribution < -0.4 is 0 Å². The van der Waals surface area contributed by atoms with Crippen molar-refractivity contribution in [1.82, 2.24) is 0 Å². The highest BCUT2D eigenvalue weighted by Crippen LogP contribution is 2.24. The fourth-order valence-corrected chi connectivity index (χ4v) is 4.30. The van der Waals surface area contributed by atoms with Crippen LogP contribution in [0, 0.1) is 0 Å². The minimum atomic E-state index is -1.28. The maximum atomic E-state index is 10.0. The third-order valence-corrected chi connectivity index (χ3v) is 6.41. The number of hydrogen-bond donors (Lipinski definition) is 4. The first-order valence-corrected chi connectivity index (χ1v) is 13.0. The molecule has 6 heteroatoms. The summed E-state index contributed by atoms with van der Waals surface area (Å²) in [6, 6.07) is 0. The van der Waals surface area contributed by atoms with Crippen LogP contribution in [0.5, 0.6) is 0 Å². The number of hydrogen-bond acceptors (Lipinski definition) is 6. The second-order valence-electron chi connectivity index (χ2n) is 9.22. The summed E-state index contributed by atoms with van der Waals surface area (Å²) in [5, 5.41) is 38.8. The normalized spacial score (nSPS) is 26.4. The van der Waals surface area contributed by atoms with Gasteiger partial charge < -0.3 is 29.9 Å². The Morgan fingerprint density at radius 2 is 1.03 bits per heavy atom. The van der Waals surface area contributed by atoms with Gasteiger partial charge in [-0.2, -0.15) is 0 Å². The van der Waals surface area contributed by atoms with Crippen molar-refractivity contribution in [2.45, 2.75) is 140 Å². The van der Waals surface area contributed by atoms with E-state index in [1.54, 1.807) is 0 Å². The summed E-state index contributed by atoms with van der Waals surface area (Å²) in [6.07, 6.45) is 15.0. The van der Waals surface area contributed by atoms with E-state index in [2.05, 4.69) is 6.92 Å². The van der Waals surface area contributed by atoms with Crippen molar-refractivity contribution in [3.63, 3.8) is 0 Å². The van der Waals surface area contributed by atoms with Gasteiger partial charge in [0.1, 0.15) is 24.4 Å². The van der Waals surface area contributed by atoms with Gasteiger partial charge in [-0.25, -0.2) is 0 Å². The first-order chi connectivity index (χ1) is 15.1. The molecule has 0 aromatic rings. The zero-order chi connectivity index (χ0) is 22.7. The molecule has 0 spiro atoms. The molecule has 1 fully saturated rings. The van der Waals surface area contributed by atoms with Crippen LogP contribution in [0.15, 0.2) is 0 Å². The van der Waals surface area contributed by atoms with Crippen LogP contribution in [0.3, 0.4) is 0 Å². The lowest BCUT2D eigenvalue weighted by molar-refractivity contribution is -0.230. The van der Waals surface area contributed by atoms with Crippen LogP contribution in [0.25, 0.3) is 0 Å². The molecule has 0 aliphatic carbocycles. The summed E-state index contributed by atoms with van der Waals surface area (Å²) in [7, 11) is 0. The van der Waals surface area contributed by atoms with Crippen molar-refractivity contribution in [2.75, 3.05) is 19.8 Å². The lowest BCUT2D eigenvalue weighted by atomic mass is 9.93. The Hall–Kier alpha value is -0.240. The lowest BCUT2D eigenvalue weighted by Crippen LogP contribution is -2.58. The van der Waals surface area contributed by atoms with E-state index in [0.717, 1.165) is 13.0 Å². The maximum absolute atomic E-state index is 10.0. The summed E-state index contributed by atoms with van der Waals surface area (Å²) in [5.74, 6) is 0. The Morgan fingerprint density at radius 1 is 0.581 bits per heavy atom. The number of aliphatic hydroxyl groups is 4. The van der Waals surface area contributed by atoms with Crippen LogP contribution in [-0.2, 0) is 9.47 Å². The van der Waals surface area contributed by atoms with Crippen molar-refractivity contribution in [3.05, 3.63) is 0 Å². The van der Waals surface area contributed by atoms with Gasteiger partial charge in [0, 0.05) is 13.2 Å². The Kier molecular flexibility index (Phi) is 17.9. The molecule has 31 heavy (non-hydrogen) atoms. The van der Waals surface area contributed by atoms with Gasteiger partial charge in [-0.1, -0.05) is 90.4 Å². The van der Waals surface area contributed by atoms with E-state index in [1.165, 1.54) is 83.5 Å². The summed E-state index contributed by atoms with van der Waals surface area (Å²) in [5.41, 5.74) is 0. The zero-order valence-corrected chi connectivity index (χ0v) is 19.9. The molecular formula is C25H50O6. The van der Waals surface area contributed by atoms with Gasteiger partial charge in [0.15, 0.2) is 0 Å². The van der Waals surface area contributed by atoms with E-state index in [0.29, 0.717) is 19.4 Å². The van der Waals surface area contributed by atoms with E-state index < -0.39 is 30.5 Å². The first kappa shape index (κ1) is 28.8. The summed E-state index contributed by atoms with van der Waals surface area (Å²) in [4.78, 5) is 0. The molecule has 0 radical (unpaired) electrons. The van der Waals surface area contributed by atoms with Crippen molar-refractivity contribution in [1.29, 1.82) is 0 Å². The molecule has 1 rings (SSSR count). The number of rotatable bonds is 20. The zero-order valence-electron chi connectivity index (χ0n) is 19.9. The Balaban J connectivity index is 1.84. The number of aliphatic hydroxyl groups excluding tert-OH is 4. The van der Waals surface area contributed by atoms with E-state index in [1.807, 2.05) is 0 Å². The second-order valence-corrected chi connectivity index (χ2v) is 9.22. The van der Waals surface area contributed by atoms with E-state index in [4.69, 9.17) is 9.47 Å². The molecule has 1 aliphatic rings. The lowest BCUT2D eigenvalue weighted by Gasteiger charge is -2.40. The summed E-state index contributed by atoms with van der Waals surface area (Å²) < 4.78 is 11.2. The Morgan fingerprint density at radius 3 is 1.55 bits per heavy atom. The maximum Gasteiger partial charge on any atom is 0.111 e. The standard InChI is InChI=1S/C25H50O6/c1-2-3-4-5-6-7-8-9-10-11-12-13-14-15-18-30-19-16-17-21-23(27)25(29)24(28)22(20-26)31-21/h21-29H,2-20H2,1H3/t21-,22+,23-,24-,25+/m0/s1. The van der Waals surface area contributed by atoms with Crippen molar-refractivity contribution in [3.8, 4) is 0 Å². The van der Waals surface area contributed by atoms with Crippen molar-refractivity contribution >= 4 is 0 Å². The van der Waals surface area contributed by atoms with Crippen molar-refractivity contribution < 1.29 is 29.9 Å². The molecule has 0 bridgehead atoms. The predicted octanol–water partition coefficient (Wildman–Crippen LogP) is 4.11. The average Bonchev–Trinajstić information content (AvgIpc) is 2.78. The summed E-state index contributed by atoms with van der Waals surface area (Å²) in [6.45, 7) is 3.24. The molecule has 0 aromatic carbocycles. The van der Waals surface area contributed by atoms with Gasteiger partial charge >= 0.3 is 0 Å². The first-order valence-electron chi connectivity index (χ1n) is 13.0. The molecule has 0 unspecified atom stereocenters. The molecular weight excluding hydrogens is 396 g/mol. The van der Waals surface area contributed by atoms with Crippen LogP contribution >= 0.6 is 0 Å². The topological polar surface area (TPSA) is 99.4 Å². The third-order valence-electron chi connectivity index (χ3n) is 6.41. The van der Waals surface area contributed by atoms with Crippen LogP contribution in [0.4, 0.5) is 0 Å². The Bertz CT molecular complexity index is 392. The minimum Gasteiger partial charge on any atom is -0.394 e. The molecule has 0 saturated carbocycles. The Labute approximate surface area is 190 Å². The van der Waals surface area contributed by atoms with E-state index in [9.17, 15) is 20.4 Å². The summed E-state index contributed by atoms with van der Waals surface area (Å²) >= 11 is 0. The van der Waals surface area contributed by atoms with Gasteiger partial charge in [-0.15, -0.1) is 0 Å². The molecule has 186 valence electrons. The van der Waals surface area contributed by atoms with Gasteiger partial charge in [0.2, 0.25) is 0 Å². The predicted molar refractivity (Wildman–Crippen MR) is 124 cm³/mol. The number of ether oxygens (including phenoxy) is 2. The van der Waals surface area contributed by atoms with Gasteiger partial charge in [0.05, 0.1) is 12.7 Å². The highest BCUT2D eigenvalue weighted by atomic mass is 16.5. The van der Waals surface area contributed by atoms with Gasteiger partial charge in [-0.3, -0.25) is 0 Å². The molecule has 1 aliphatic heterocycles. The second kappa shape index (κ2) is 19.2. The monoisotopic (exact) mass is 446 g/mol. The number of unbranched alkanes of at least 4 members (excludes halogenated alkanes) is 13. The molecule has 1 saturated heterocycles. The smallest absolute Gasteiger partial charge is 0.111 e. The fraction of sp³-hybridized carbons (Fsp3) is 1.00. The molecule has 4 N–H and O–H groups in total. The van der Waals surface area contributed by atoms with Crippen molar-refractivity contribution in [2.24, 2.45) is 0 Å². The molecule has 5 atom stereocenters. The molecule has 6 nitrogen and oxygen atoms in total. The molecule has 1 heterocycles. The third kappa shape index (κ3) is 13.2. The van der Waals surface area contributed by atoms with Gasteiger partial charge in [-0.05, 0) is 19.3 Å². The van der Waals surface area contributed by atoms with Crippen LogP contribution in [0.1, 0.15) is 110 Å². The molecule has 0 aromatic heterocycles. The van der Waals surface area contributed by atoms with E-state index >= 15 is 0 Å². The average molecular weight is 447 g/mol. The SMILES string of the molecule is CCCCCCCCCCCCCCCCOCCC[C@@H]1O[C@H](CO)[C@H](O)[C@H](O)[C@H]1O. The van der Waals surface area contributed by atoms with Crippen LogP contribution in [0.2, 0.25) is 0 Å². The van der Waals surface area contributed by atoms with Crippen LogP contribution in [-0.4, -0.2) is 70.8 Å². The highest BCUT2D eigenvalue weighted by molar-refractivity contribution is 4.91. The quantitative estimate of drug-likeness (QED) is 0.210. The largest absolute Gasteiger partial charge is 0.394 e. The van der Waals surface area contributed by atoms with Gasteiger partial charge in [0.25, 0.3) is 0 Å².